The van der Waals surface area contributed by atoms with E-state index in [-0.39, 0.29) is 85.8 Å². The van der Waals surface area contributed by atoms with Gasteiger partial charge in [-0.25, -0.2) is 13.8 Å². The number of carboxylic acid groups (broad SMARTS) is 1. The van der Waals surface area contributed by atoms with Crippen molar-refractivity contribution in [1.82, 2.24) is 67.4 Å². The van der Waals surface area contributed by atoms with Crippen molar-refractivity contribution in [2.45, 2.75) is 118 Å². The highest BCUT2D eigenvalue weighted by Gasteiger charge is 2.48. The Hall–Kier alpha value is -9.85. The van der Waals surface area contributed by atoms with Crippen molar-refractivity contribution in [3.8, 4) is 5.75 Å². The van der Waals surface area contributed by atoms with Gasteiger partial charge in [0, 0.05) is 121 Å². The molecular formula is C66H77F2N15O12S2. The van der Waals surface area contributed by atoms with Crippen LogP contribution in [-0.2, 0) is 85.1 Å². The maximum absolute atomic E-state index is 15.2. The lowest BCUT2D eigenvalue weighted by Crippen LogP contribution is -2.63. The van der Waals surface area contributed by atoms with Crippen molar-refractivity contribution < 1.29 is 66.9 Å². The third-order valence-electron chi connectivity index (χ3n) is 16.9. The largest absolute Gasteiger partial charge is 0.508 e. The molecule has 514 valence electrons. The van der Waals surface area contributed by atoms with Gasteiger partial charge in [0.05, 0.1) is 25.3 Å². The van der Waals surface area contributed by atoms with E-state index < -0.39 is 132 Å². The summed E-state index contributed by atoms with van der Waals surface area (Å²) in [6.45, 7) is 1.14. The lowest BCUT2D eigenvalue weighted by Gasteiger charge is -2.37. The first-order valence-electron chi connectivity index (χ1n) is 31.4. The highest BCUT2D eigenvalue weighted by atomic mass is 32.2. The third-order valence-corrected chi connectivity index (χ3v) is 19.0. The number of carboxylic acids is 1. The number of phenols is 1. The number of halogens is 2. The highest BCUT2D eigenvalue weighted by molar-refractivity contribution is 7.98. The zero-order valence-electron chi connectivity index (χ0n) is 52.8. The summed E-state index contributed by atoms with van der Waals surface area (Å²) in [6, 6.07) is 11.0. The molecule has 17 N–H and O–H groups in total. The Morgan fingerprint density at radius 2 is 1.27 bits per heavy atom. The van der Waals surface area contributed by atoms with Gasteiger partial charge in [0.1, 0.15) is 59.2 Å². The second-order valence-electron chi connectivity index (χ2n) is 24.1. The van der Waals surface area contributed by atoms with Crippen LogP contribution in [0.3, 0.4) is 0 Å². The summed E-state index contributed by atoms with van der Waals surface area (Å²) in [5, 5.41) is 42.8. The summed E-state index contributed by atoms with van der Waals surface area (Å²) >= 11 is 2.86. The molecule has 7 aromatic rings. The minimum Gasteiger partial charge on any atom is -0.508 e. The number of nitrogens with two attached hydrogens (primary N) is 2. The number of primary amides is 1. The van der Waals surface area contributed by atoms with Crippen molar-refractivity contribution in [1.29, 1.82) is 0 Å². The fraction of sp³-hybridized carbons (Fsp3) is 0.379. The van der Waals surface area contributed by atoms with Crippen LogP contribution in [0.2, 0.25) is 0 Å². The number of thioether (sulfide) groups is 2. The normalized spacial score (nSPS) is 23.2. The molecule has 3 aromatic heterocycles. The van der Waals surface area contributed by atoms with E-state index in [9.17, 15) is 62.1 Å². The van der Waals surface area contributed by atoms with Crippen LogP contribution in [0.4, 0.5) is 8.78 Å². The Kier molecular flexibility index (Phi) is 24.5. The summed E-state index contributed by atoms with van der Waals surface area (Å²) in [6.07, 6.45) is 3.76. The molecule has 1 saturated heterocycles. The van der Waals surface area contributed by atoms with Gasteiger partial charge in [0.15, 0.2) is 0 Å². The van der Waals surface area contributed by atoms with Gasteiger partial charge in [-0.1, -0.05) is 36.4 Å². The number of aromatic hydroxyl groups is 1. The van der Waals surface area contributed by atoms with E-state index in [1.54, 1.807) is 0 Å². The third kappa shape index (κ3) is 19.4. The van der Waals surface area contributed by atoms with Gasteiger partial charge < -0.3 is 84.1 Å². The van der Waals surface area contributed by atoms with Crippen LogP contribution in [0.15, 0.2) is 110 Å². The number of fused-ring (bicyclic) bond motifs is 5. The van der Waals surface area contributed by atoms with Gasteiger partial charge in [0.25, 0.3) is 0 Å². The van der Waals surface area contributed by atoms with Gasteiger partial charge in [-0.15, -0.1) is 0 Å². The predicted molar refractivity (Wildman–Crippen MR) is 358 cm³/mol. The van der Waals surface area contributed by atoms with Gasteiger partial charge in [-0.3, -0.25) is 47.9 Å². The first-order chi connectivity index (χ1) is 46.5. The van der Waals surface area contributed by atoms with Crippen LogP contribution < -0.4 is 54.0 Å². The average molecular weight is 1370 g/mol. The van der Waals surface area contributed by atoms with Gasteiger partial charge in [-0.05, 0) is 96.1 Å². The van der Waals surface area contributed by atoms with E-state index in [1.165, 1.54) is 121 Å². The number of phenolic OH excluding ortho intramolecular Hbond substituents is 1. The second-order valence-corrected chi connectivity index (χ2v) is 26.2. The SMILES string of the molecule is C[C@@]12CCCN1C(=O)[C@H](Cc1ccc(O)cc1)NC(=O)[C@H](Cc1cnc[nH]1)NC(=O)[C@H](CC(=O)O)NC(=O)[C@H](Cc1c[nH]c3ccc(F)cc13)NC(=O)[C@H](Cc1c[nH]c3ccc(F)cc13)NC(=O)CNC[C@@H](CN)NC(=O)CCSCc1cccc(c1)CSC[C@@H](C(N)=O)NC2=O. The first kappa shape index (κ1) is 71.4. The molecule has 1 fully saturated rings. The van der Waals surface area contributed by atoms with Crippen molar-refractivity contribution in [3.05, 3.63) is 155 Å². The number of rotatable bonds is 12. The number of hydrogen-bond acceptors (Lipinski definition) is 16. The Balaban J connectivity index is 1.04. The molecule has 0 spiro atoms. The topological polar surface area (TPSA) is 423 Å². The van der Waals surface area contributed by atoms with Crippen LogP contribution in [0.25, 0.3) is 21.8 Å². The molecule has 2 bridgehead atoms. The molecular weight excluding hydrogens is 1300 g/mol. The van der Waals surface area contributed by atoms with Crippen LogP contribution >= 0.6 is 23.5 Å². The molecule has 9 amide bonds. The van der Waals surface area contributed by atoms with Crippen LogP contribution in [0, 0.1) is 11.6 Å². The summed E-state index contributed by atoms with van der Waals surface area (Å²) in [5.74, 6) is -9.14. The molecule has 31 heteroatoms. The van der Waals surface area contributed by atoms with E-state index in [1.807, 2.05) is 24.3 Å². The quantitative estimate of drug-likeness (QED) is 0.0824. The van der Waals surface area contributed by atoms with Crippen LogP contribution in [0.5, 0.6) is 5.75 Å². The number of aromatic nitrogens is 4. The number of imidazole rings is 1. The van der Waals surface area contributed by atoms with E-state index in [0.29, 0.717) is 51.2 Å². The maximum atomic E-state index is 15.2. The van der Waals surface area contributed by atoms with E-state index in [2.05, 4.69) is 62.5 Å². The number of aliphatic carboxylic acids is 1. The van der Waals surface area contributed by atoms with E-state index >= 15 is 4.79 Å². The lowest BCUT2D eigenvalue weighted by atomic mass is 9.95. The Bertz CT molecular complexity index is 4010. The minimum absolute atomic E-state index is 0.0158. The second kappa shape index (κ2) is 33.2. The zero-order valence-corrected chi connectivity index (χ0v) is 54.5. The number of hydrogen-bond donors (Lipinski definition) is 15. The molecule has 5 heterocycles. The molecule has 4 aromatic carbocycles. The lowest BCUT2D eigenvalue weighted by molar-refractivity contribution is -0.147. The summed E-state index contributed by atoms with van der Waals surface area (Å²) in [7, 11) is 0. The maximum Gasteiger partial charge on any atom is 0.305 e. The van der Waals surface area contributed by atoms with E-state index in [4.69, 9.17) is 11.5 Å². The number of nitrogens with one attached hydrogen (secondary N) is 11. The predicted octanol–water partition coefficient (Wildman–Crippen LogP) is 1.48. The standard InChI is InChI=1S/C66H77F2N15O12S2/c1-66-15-3-16-83(66)64(94)54(19-36-6-10-45(84)11-7-36)81-62(92)52(24-43-29-72-35-75-43)79-63(93)53(25-58(87)88)80-61(91)51(21-40-28-74-49-13-9-42(68)23-47(40)49)78-60(90)50(20-39-27-73-48-12-8-41(67)22-46(39)48)77-57(86)31-71-30-44(26-69)76-56(85)14-17-96-32-37-4-2-5-38(18-37)33-97-34-55(59(70)89)82-65(66)95/h2,4-13,18,22-23,27-29,35,44,50-55,71,73-74,84H,3,14-17,19-21,24-26,30-34,69H2,1H3,(H2,70,89)(H,72,75)(H,76,85)(H,77,86)(H,78,90)(H,79,93)(H,80,91)(H,81,92)(H,82,95)(H,87,88)/t44-,50+,51+,52+,53+,54+,55+,66+/m1/s1. The molecule has 97 heavy (non-hydrogen) atoms. The Morgan fingerprint density at radius 1 is 0.680 bits per heavy atom. The fourth-order valence-electron chi connectivity index (χ4n) is 11.7. The molecule has 0 saturated carbocycles. The fourth-order valence-corrected chi connectivity index (χ4v) is 13.6. The molecule has 0 aliphatic carbocycles. The number of carbonyl (C=O) groups is 10. The molecule has 2 aliphatic rings. The summed E-state index contributed by atoms with van der Waals surface area (Å²) < 4.78 is 29.7. The Morgan fingerprint density at radius 3 is 1.87 bits per heavy atom. The van der Waals surface area contributed by atoms with Gasteiger partial charge >= 0.3 is 5.97 Å². The highest BCUT2D eigenvalue weighted by Crippen LogP contribution is 2.32. The number of H-pyrrole nitrogens is 3. The average Bonchev–Trinajstić information content (AvgIpc) is 1.69. The number of aromatic amines is 3. The van der Waals surface area contributed by atoms with Crippen molar-refractivity contribution in [2.75, 3.05) is 37.7 Å². The van der Waals surface area contributed by atoms with Crippen molar-refractivity contribution >= 4 is 104 Å². The van der Waals surface area contributed by atoms with Gasteiger partial charge in [0.2, 0.25) is 53.2 Å². The van der Waals surface area contributed by atoms with Crippen LogP contribution in [0.1, 0.15) is 66.1 Å². The molecule has 27 nitrogen and oxygen atoms in total. The molecule has 0 unspecified atom stereocenters. The Labute approximate surface area is 563 Å². The zero-order chi connectivity index (χ0) is 69.3. The minimum atomic E-state index is -2.01. The van der Waals surface area contributed by atoms with E-state index in [0.717, 1.165) is 11.1 Å². The van der Waals surface area contributed by atoms with Gasteiger partial charge in [-0.2, -0.15) is 23.5 Å². The first-order valence-corrected chi connectivity index (χ1v) is 33.7. The number of benzene rings is 4. The summed E-state index contributed by atoms with van der Waals surface area (Å²) in [5.41, 5.74) is 14.5. The summed E-state index contributed by atoms with van der Waals surface area (Å²) in [4.78, 5) is 156. The van der Waals surface area contributed by atoms with Crippen molar-refractivity contribution in [3.63, 3.8) is 0 Å². The van der Waals surface area contributed by atoms with Crippen LogP contribution in [-0.4, -0.2) is 180 Å². The number of nitrogens with zero attached hydrogens (tertiary/aromatic N) is 2. The van der Waals surface area contributed by atoms with Crippen molar-refractivity contribution in [2.24, 2.45) is 11.5 Å². The monoisotopic (exact) mass is 1370 g/mol. The molecule has 8 atom stereocenters. The molecule has 2 aliphatic heterocycles. The molecule has 0 radical (unpaired) electrons. The molecule has 9 rings (SSSR count). The smallest absolute Gasteiger partial charge is 0.305 e. The number of carbonyl (C=O) groups excluding carboxylic acids is 9. The number of amides is 9.